The predicted octanol–water partition coefficient (Wildman–Crippen LogP) is 6.33. The Balaban J connectivity index is 0.000000552. The summed E-state index contributed by atoms with van der Waals surface area (Å²) in [4.78, 5) is 11.3. The van der Waals surface area contributed by atoms with Crippen LogP contribution >= 0.6 is 0 Å². The molecule has 4 heteroatoms. The molecule has 2 N–H and O–H groups in total. The standard InChI is InChI=1S/C18H19NO3.C6H12/c1-5-17(20)16(18(21)22)9-15(11(2)3)13-7-6-12(4)14(8-13)10-19;1-6-4-2-3-5-6/h5-9,20H,1-4H3,(H,21,22);6H,2-5H2,1H3/b16-9+,17-5+;. The molecule has 4 nitrogen and oxygen atoms in total. The van der Waals surface area contributed by atoms with Crippen LogP contribution in [0.3, 0.4) is 0 Å². The van der Waals surface area contributed by atoms with Gasteiger partial charge in [-0.25, -0.2) is 4.79 Å². The average Bonchev–Trinajstić information content (AvgIpc) is 3.13. The average molecular weight is 382 g/mol. The number of aryl methyl sites for hydroxylation is 1. The first-order valence-electron chi connectivity index (χ1n) is 9.70. The molecule has 28 heavy (non-hydrogen) atoms. The number of nitriles is 1. The molecule has 1 aromatic carbocycles. The maximum Gasteiger partial charge on any atom is 0.339 e. The van der Waals surface area contributed by atoms with Crippen LogP contribution in [-0.4, -0.2) is 16.2 Å². The molecular formula is C24H31NO3. The van der Waals surface area contributed by atoms with Crippen LogP contribution in [0.15, 0.2) is 47.3 Å². The highest BCUT2D eigenvalue weighted by atomic mass is 16.4. The summed E-state index contributed by atoms with van der Waals surface area (Å²) < 4.78 is 0. The van der Waals surface area contributed by atoms with Crippen molar-refractivity contribution in [1.29, 1.82) is 5.26 Å². The quantitative estimate of drug-likeness (QED) is 0.363. The Morgan fingerprint density at radius 3 is 2.21 bits per heavy atom. The third kappa shape index (κ3) is 6.74. The number of hydrogen-bond acceptors (Lipinski definition) is 3. The van der Waals surface area contributed by atoms with Crippen molar-refractivity contribution >= 4 is 11.5 Å². The third-order valence-corrected chi connectivity index (χ3v) is 4.92. The fourth-order valence-electron chi connectivity index (χ4n) is 3.10. The molecule has 1 aromatic rings. The second-order valence-electron chi connectivity index (χ2n) is 7.48. The summed E-state index contributed by atoms with van der Waals surface area (Å²) in [5, 5.41) is 28.1. The van der Waals surface area contributed by atoms with Crippen LogP contribution in [-0.2, 0) is 4.79 Å². The van der Waals surface area contributed by atoms with Gasteiger partial charge in [-0.05, 0) is 68.5 Å². The van der Waals surface area contributed by atoms with Gasteiger partial charge in [0.2, 0.25) is 0 Å². The van der Waals surface area contributed by atoms with Crippen LogP contribution in [0.1, 0.15) is 70.1 Å². The number of aliphatic hydroxyl groups excluding tert-OH is 1. The van der Waals surface area contributed by atoms with E-state index in [0.717, 1.165) is 22.6 Å². The van der Waals surface area contributed by atoms with Gasteiger partial charge >= 0.3 is 5.97 Å². The smallest absolute Gasteiger partial charge is 0.339 e. The van der Waals surface area contributed by atoms with E-state index >= 15 is 0 Å². The number of carbonyl (C=O) groups is 1. The zero-order chi connectivity index (χ0) is 21.3. The van der Waals surface area contributed by atoms with Crippen molar-refractivity contribution in [2.75, 3.05) is 0 Å². The first kappa shape index (κ1) is 23.2. The Morgan fingerprint density at radius 2 is 1.82 bits per heavy atom. The van der Waals surface area contributed by atoms with E-state index in [4.69, 9.17) is 5.26 Å². The van der Waals surface area contributed by atoms with Gasteiger partial charge in [-0.15, -0.1) is 0 Å². The normalized spacial score (nSPS) is 14.7. The van der Waals surface area contributed by atoms with Gasteiger partial charge in [0.05, 0.1) is 11.6 Å². The minimum absolute atomic E-state index is 0.183. The number of aliphatic hydroxyl groups is 1. The summed E-state index contributed by atoms with van der Waals surface area (Å²) >= 11 is 0. The number of nitrogens with zero attached hydrogens (tertiary/aromatic N) is 1. The molecule has 1 aliphatic rings. The Bertz CT molecular complexity index is 828. The van der Waals surface area contributed by atoms with Gasteiger partial charge in [0.1, 0.15) is 11.3 Å². The first-order chi connectivity index (χ1) is 13.2. The van der Waals surface area contributed by atoms with Gasteiger partial charge < -0.3 is 10.2 Å². The number of benzene rings is 1. The lowest BCUT2D eigenvalue weighted by Crippen LogP contribution is -2.04. The molecule has 1 saturated carbocycles. The summed E-state index contributed by atoms with van der Waals surface area (Å²) in [7, 11) is 0. The molecule has 0 heterocycles. The zero-order valence-electron chi connectivity index (χ0n) is 17.5. The lowest BCUT2D eigenvalue weighted by atomic mass is 9.95. The fraction of sp³-hybridized carbons (Fsp3) is 0.417. The Morgan fingerprint density at radius 1 is 1.21 bits per heavy atom. The van der Waals surface area contributed by atoms with Crippen molar-refractivity contribution in [3.8, 4) is 6.07 Å². The lowest BCUT2D eigenvalue weighted by molar-refractivity contribution is -0.132. The van der Waals surface area contributed by atoms with Crippen molar-refractivity contribution < 1.29 is 15.0 Å². The van der Waals surface area contributed by atoms with E-state index in [1.54, 1.807) is 13.0 Å². The minimum atomic E-state index is -1.21. The minimum Gasteiger partial charge on any atom is -0.507 e. The van der Waals surface area contributed by atoms with Gasteiger partial charge in [0.25, 0.3) is 0 Å². The third-order valence-electron chi connectivity index (χ3n) is 4.92. The number of hydrogen-bond donors (Lipinski definition) is 2. The summed E-state index contributed by atoms with van der Waals surface area (Å²) in [5.74, 6) is -0.453. The monoisotopic (exact) mass is 381 g/mol. The SMILES string of the molecule is C/C=C(O)\C(=C/C(=C(C)C)c1ccc(C)c(C#N)c1)C(=O)O.CC1CCCC1. The van der Waals surface area contributed by atoms with Crippen molar-refractivity contribution in [2.45, 2.75) is 60.3 Å². The van der Waals surface area contributed by atoms with E-state index in [-0.39, 0.29) is 11.3 Å². The maximum absolute atomic E-state index is 11.3. The van der Waals surface area contributed by atoms with Gasteiger partial charge in [-0.3, -0.25) is 0 Å². The predicted molar refractivity (Wildman–Crippen MR) is 114 cm³/mol. The number of aliphatic carboxylic acids is 1. The number of carboxylic acids is 1. The van der Waals surface area contributed by atoms with E-state index in [1.165, 1.54) is 37.8 Å². The highest BCUT2D eigenvalue weighted by molar-refractivity contribution is 5.95. The maximum atomic E-state index is 11.3. The molecule has 0 amide bonds. The second-order valence-corrected chi connectivity index (χ2v) is 7.48. The molecule has 0 aromatic heterocycles. The van der Waals surface area contributed by atoms with Gasteiger partial charge in [0, 0.05) is 0 Å². The summed E-state index contributed by atoms with van der Waals surface area (Å²) in [6.07, 6.45) is 8.71. The van der Waals surface area contributed by atoms with Gasteiger partial charge in [-0.2, -0.15) is 5.26 Å². The fourth-order valence-corrected chi connectivity index (χ4v) is 3.10. The van der Waals surface area contributed by atoms with Gasteiger partial charge in [0.15, 0.2) is 0 Å². The van der Waals surface area contributed by atoms with Crippen LogP contribution in [0.2, 0.25) is 0 Å². The highest BCUT2D eigenvalue weighted by Gasteiger charge is 2.14. The van der Waals surface area contributed by atoms with E-state index in [9.17, 15) is 15.0 Å². The Labute approximate surface area is 168 Å². The largest absolute Gasteiger partial charge is 0.507 e. The molecule has 0 saturated heterocycles. The Hall–Kier alpha value is -2.80. The van der Waals surface area contributed by atoms with Crippen molar-refractivity contribution in [3.05, 3.63) is 63.9 Å². The molecule has 0 atom stereocenters. The van der Waals surface area contributed by atoms with E-state index < -0.39 is 5.97 Å². The second kappa shape index (κ2) is 11.1. The summed E-state index contributed by atoms with van der Waals surface area (Å²) in [6.45, 7) is 9.45. The molecule has 0 unspecified atom stereocenters. The lowest BCUT2D eigenvalue weighted by Gasteiger charge is -2.10. The summed E-state index contributed by atoms with van der Waals surface area (Å²) in [6, 6.07) is 7.50. The van der Waals surface area contributed by atoms with Crippen LogP contribution in [0.4, 0.5) is 0 Å². The van der Waals surface area contributed by atoms with Crippen molar-refractivity contribution in [1.82, 2.24) is 0 Å². The number of carboxylic acid groups (broad SMARTS) is 1. The Kier molecular flexibility index (Phi) is 9.24. The molecule has 2 rings (SSSR count). The first-order valence-corrected chi connectivity index (χ1v) is 9.70. The molecule has 150 valence electrons. The van der Waals surface area contributed by atoms with E-state index in [0.29, 0.717) is 11.1 Å². The summed E-state index contributed by atoms with van der Waals surface area (Å²) in [5.41, 5.74) is 3.51. The molecule has 0 radical (unpaired) electrons. The zero-order valence-corrected chi connectivity index (χ0v) is 17.5. The molecule has 0 spiro atoms. The van der Waals surface area contributed by atoms with Crippen molar-refractivity contribution in [2.24, 2.45) is 5.92 Å². The molecule has 1 fully saturated rings. The molecular weight excluding hydrogens is 350 g/mol. The van der Waals surface area contributed by atoms with Crippen LogP contribution < -0.4 is 0 Å². The molecule has 1 aliphatic carbocycles. The van der Waals surface area contributed by atoms with Gasteiger partial charge in [-0.1, -0.05) is 50.3 Å². The van der Waals surface area contributed by atoms with Crippen LogP contribution in [0.25, 0.3) is 5.57 Å². The number of allylic oxidation sites excluding steroid dienone is 4. The molecule has 0 bridgehead atoms. The van der Waals surface area contributed by atoms with Crippen molar-refractivity contribution in [3.63, 3.8) is 0 Å². The van der Waals surface area contributed by atoms with Crippen LogP contribution in [0.5, 0.6) is 0 Å². The number of rotatable bonds is 4. The highest BCUT2D eigenvalue weighted by Crippen LogP contribution is 2.25. The van der Waals surface area contributed by atoms with Crippen LogP contribution in [0, 0.1) is 24.2 Å². The molecule has 0 aliphatic heterocycles. The van der Waals surface area contributed by atoms with E-state index in [1.807, 2.05) is 32.9 Å². The topological polar surface area (TPSA) is 81.3 Å². The van der Waals surface area contributed by atoms with E-state index in [2.05, 4.69) is 13.0 Å².